The Morgan fingerprint density at radius 2 is 2.36 bits per heavy atom. The predicted molar refractivity (Wildman–Crippen MR) is 57.7 cm³/mol. The molecule has 1 heterocycles. The number of hydrogen-bond donors (Lipinski definition) is 1. The molecule has 76 valence electrons. The molecule has 0 saturated carbocycles. The molecule has 2 aromatic rings. The van der Waals surface area contributed by atoms with Gasteiger partial charge in [0.2, 0.25) is 0 Å². The first-order valence-electron chi connectivity index (χ1n) is 4.83. The van der Waals surface area contributed by atoms with Gasteiger partial charge in [-0.1, -0.05) is 19.9 Å². The number of aromatic amines is 1. The lowest BCUT2D eigenvalue weighted by molar-refractivity contribution is 0.555. The molecule has 3 nitrogen and oxygen atoms in total. The van der Waals surface area contributed by atoms with Gasteiger partial charge in [0.15, 0.2) is 5.58 Å². The number of rotatable bonds is 2. The molecule has 0 fully saturated rings. The summed E-state index contributed by atoms with van der Waals surface area (Å²) in [4.78, 5) is 13.6. The summed E-state index contributed by atoms with van der Waals surface area (Å²) in [6.07, 6.45) is 1.09. The van der Waals surface area contributed by atoms with Crippen LogP contribution in [0.2, 0.25) is 0 Å². The molecule has 0 bridgehead atoms. The molecule has 0 spiro atoms. The monoisotopic (exact) mass is 193 g/mol. The highest BCUT2D eigenvalue weighted by atomic mass is 16.4. The molecule has 1 N–H and O–H groups in total. The first-order chi connectivity index (χ1) is 6.70. The molecule has 0 aliphatic rings. The predicted octanol–water partition coefficient (Wildman–Crippen LogP) is 2.88. The molecular weight excluding hydrogens is 178 g/mol. The Kier molecular flexibility index (Phi) is 2.15. The molecule has 3 heteroatoms. The standard InChI is InChI=1S/C11H13NO2.H2/c1-3-7(2)8-4-5-10-9(6-8)12-11(13)14-10;/h4-7H,3H2,1-2H3,(H,12,13);1H. The van der Waals surface area contributed by atoms with E-state index in [4.69, 9.17) is 4.42 Å². The molecule has 14 heavy (non-hydrogen) atoms. The number of hydrogen-bond acceptors (Lipinski definition) is 2. The summed E-state index contributed by atoms with van der Waals surface area (Å²) in [7, 11) is 0. The van der Waals surface area contributed by atoms with Gasteiger partial charge in [0.05, 0.1) is 5.52 Å². The Hall–Kier alpha value is -1.51. The Labute approximate surface area is 83.2 Å². The van der Waals surface area contributed by atoms with E-state index in [-0.39, 0.29) is 7.18 Å². The molecule has 1 aromatic carbocycles. The van der Waals surface area contributed by atoms with Gasteiger partial charge in [0.1, 0.15) is 0 Å². The second-order valence-corrected chi connectivity index (χ2v) is 3.58. The quantitative estimate of drug-likeness (QED) is 0.797. The van der Waals surface area contributed by atoms with Crippen LogP contribution in [-0.2, 0) is 0 Å². The number of H-pyrrole nitrogens is 1. The Balaban J connectivity index is 0.00000112. The van der Waals surface area contributed by atoms with Crippen LogP contribution < -0.4 is 5.76 Å². The Morgan fingerprint density at radius 3 is 3.07 bits per heavy atom. The fourth-order valence-electron chi connectivity index (χ4n) is 1.51. The molecule has 0 radical (unpaired) electrons. The van der Waals surface area contributed by atoms with Crippen molar-refractivity contribution in [2.75, 3.05) is 0 Å². The van der Waals surface area contributed by atoms with E-state index in [1.54, 1.807) is 0 Å². The Bertz CT molecular complexity index is 501. The molecule has 0 aliphatic heterocycles. The highest BCUT2D eigenvalue weighted by Crippen LogP contribution is 2.21. The minimum atomic E-state index is -0.388. The SMILES string of the molecule is CCC(C)c1ccc2oc(=O)[nH]c2c1.[HH]. The second-order valence-electron chi connectivity index (χ2n) is 3.58. The zero-order valence-corrected chi connectivity index (χ0v) is 8.33. The topological polar surface area (TPSA) is 46.0 Å². The van der Waals surface area contributed by atoms with E-state index in [0.29, 0.717) is 11.5 Å². The maximum Gasteiger partial charge on any atom is 0.417 e. The molecule has 2 rings (SSSR count). The van der Waals surface area contributed by atoms with Crippen molar-refractivity contribution in [1.29, 1.82) is 0 Å². The lowest BCUT2D eigenvalue weighted by atomic mass is 9.98. The van der Waals surface area contributed by atoms with Crippen molar-refractivity contribution < 1.29 is 5.84 Å². The summed E-state index contributed by atoms with van der Waals surface area (Å²) < 4.78 is 4.93. The van der Waals surface area contributed by atoms with Gasteiger partial charge in [-0.05, 0) is 30.0 Å². The summed E-state index contributed by atoms with van der Waals surface area (Å²) in [5, 5.41) is 0. The largest absolute Gasteiger partial charge is 0.417 e. The first-order valence-corrected chi connectivity index (χ1v) is 4.83. The van der Waals surface area contributed by atoms with Gasteiger partial charge in [-0.15, -0.1) is 0 Å². The van der Waals surface area contributed by atoms with E-state index in [0.717, 1.165) is 11.9 Å². The van der Waals surface area contributed by atoms with Crippen LogP contribution in [0.4, 0.5) is 0 Å². The summed E-state index contributed by atoms with van der Waals surface area (Å²) >= 11 is 0. The van der Waals surface area contributed by atoms with Crippen LogP contribution in [0.1, 0.15) is 33.2 Å². The summed E-state index contributed by atoms with van der Waals surface area (Å²) in [6, 6.07) is 5.83. The minimum absolute atomic E-state index is 0. The van der Waals surface area contributed by atoms with E-state index in [1.165, 1.54) is 5.56 Å². The number of benzene rings is 1. The maximum absolute atomic E-state index is 10.9. The third-order valence-corrected chi connectivity index (χ3v) is 2.62. The van der Waals surface area contributed by atoms with E-state index >= 15 is 0 Å². The van der Waals surface area contributed by atoms with Gasteiger partial charge in [-0.25, -0.2) is 4.79 Å². The zero-order valence-electron chi connectivity index (χ0n) is 8.33. The van der Waals surface area contributed by atoms with Crippen LogP contribution >= 0.6 is 0 Å². The van der Waals surface area contributed by atoms with Gasteiger partial charge >= 0.3 is 5.76 Å². The molecule has 0 aliphatic carbocycles. The maximum atomic E-state index is 10.9. The van der Waals surface area contributed by atoms with Crippen molar-refractivity contribution >= 4 is 11.1 Å². The number of oxazole rings is 1. The minimum Gasteiger partial charge on any atom is -0.408 e. The van der Waals surface area contributed by atoms with Crippen molar-refractivity contribution in [3.8, 4) is 0 Å². The highest BCUT2D eigenvalue weighted by molar-refractivity contribution is 5.72. The van der Waals surface area contributed by atoms with E-state index < -0.39 is 0 Å². The van der Waals surface area contributed by atoms with Crippen LogP contribution in [0.25, 0.3) is 11.1 Å². The number of nitrogens with one attached hydrogen (secondary N) is 1. The normalized spacial score (nSPS) is 13.3. The van der Waals surface area contributed by atoms with Crippen LogP contribution in [0.15, 0.2) is 27.4 Å². The highest BCUT2D eigenvalue weighted by Gasteiger charge is 2.06. The van der Waals surface area contributed by atoms with Crippen molar-refractivity contribution in [1.82, 2.24) is 4.98 Å². The number of fused-ring (bicyclic) bond motifs is 1. The van der Waals surface area contributed by atoms with Crippen LogP contribution in [0, 0.1) is 0 Å². The molecule has 1 atom stereocenters. The summed E-state index contributed by atoms with van der Waals surface area (Å²) in [5.74, 6) is 0.124. The van der Waals surface area contributed by atoms with E-state index in [2.05, 4.69) is 18.8 Å². The van der Waals surface area contributed by atoms with Crippen molar-refractivity contribution in [2.24, 2.45) is 0 Å². The van der Waals surface area contributed by atoms with Gasteiger partial charge in [-0.2, -0.15) is 0 Å². The fourth-order valence-corrected chi connectivity index (χ4v) is 1.51. The van der Waals surface area contributed by atoms with Crippen LogP contribution in [-0.4, -0.2) is 4.98 Å². The van der Waals surface area contributed by atoms with Crippen LogP contribution in [0.5, 0.6) is 0 Å². The van der Waals surface area contributed by atoms with Crippen molar-refractivity contribution in [3.05, 3.63) is 34.3 Å². The van der Waals surface area contributed by atoms with Gasteiger partial charge in [0, 0.05) is 1.43 Å². The second kappa shape index (κ2) is 3.33. The molecule has 1 unspecified atom stereocenters. The molecule has 0 amide bonds. The third kappa shape index (κ3) is 1.45. The first kappa shape index (κ1) is 9.06. The smallest absolute Gasteiger partial charge is 0.408 e. The molecular formula is C11H15NO2. The summed E-state index contributed by atoms with van der Waals surface area (Å²) in [5.41, 5.74) is 2.65. The van der Waals surface area contributed by atoms with Crippen molar-refractivity contribution in [3.63, 3.8) is 0 Å². The van der Waals surface area contributed by atoms with E-state index in [1.807, 2.05) is 18.2 Å². The molecule has 1 aromatic heterocycles. The van der Waals surface area contributed by atoms with E-state index in [9.17, 15) is 4.79 Å². The third-order valence-electron chi connectivity index (χ3n) is 2.62. The fraction of sp³-hybridized carbons (Fsp3) is 0.364. The Morgan fingerprint density at radius 1 is 1.57 bits per heavy atom. The van der Waals surface area contributed by atoms with Gasteiger partial charge in [-0.3, -0.25) is 4.98 Å². The lowest BCUT2D eigenvalue weighted by Gasteiger charge is -2.07. The zero-order chi connectivity index (χ0) is 10.1. The molecule has 0 saturated heterocycles. The van der Waals surface area contributed by atoms with Gasteiger partial charge in [0.25, 0.3) is 0 Å². The van der Waals surface area contributed by atoms with Crippen molar-refractivity contribution in [2.45, 2.75) is 26.2 Å². The summed E-state index contributed by atoms with van der Waals surface area (Å²) in [6.45, 7) is 4.31. The number of aromatic nitrogens is 1. The van der Waals surface area contributed by atoms with Crippen LogP contribution in [0.3, 0.4) is 0 Å². The average Bonchev–Trinajstić information content (AvgIpc) is 2.55. The average molecular weight is 193 g/mol. The van der Waals surface area contributed by atoms with Gasteiger partial charge < -0.3 is 4.42 Å². The lowest BCUT2D eigenvalue weighted by Crippen LogP contribution is -1.93.